The lowest BCUT2D eigenvalue weighted by Crippen LogP contribution is -2.24. The molecule has 0 atom stereocenters. The zero-order valence-electron chi connectivity index (χ0n) is 13.2. The number of alkyl carbamates (subject to hydrolysis) is 1. The lowest BCUT2D eigenvalue weighted by molar-refractivity contribution is 0.140. The summed E-state index contributed by atoms with van der Waals surface area (Å²) < 4.78 is 10.0. The summed E-state index contributed by atoms with van der Waals surface area (Å²) in [5.74, 6) is 5.26. The van der Waals surface area contributed by atoms with Gasteiger partial charge in [-0.3, -0.25) is 4.98 Å². The predicted molar refractivity (Wildman–Crippen MR) is 90.8 cm³/mol. The van der Waals surface area contributed by atoms with Gasteiger partial charge in [-0.25, -0.2) is 14.6 Å². The highest BCUT2D eigenvalue weighted by Gasteiger charge is 2.02. The molecule has 0 saturated heterocycles. The Morgan fingerprint density at radius 2 is 2.16 bits per heavy atom. The fourth-order valence-electron chi connectivity index (χ4n) is 2.07. The fraction of sp³-hybridized carbons (Fsp3) is 0.167. The van der Waals surface area contributed by atoms with Crippen LogP contribution < -0.4 is 11.1 Å². The van der Waals surface area contributed by atoms with Crippen LogP contribution in [0.3, 0.4) is 0 Å². The molecule has 0 fully saturated rings. The Balaban J connectivity index is 1.42. The first kappa shape index (κ1) is 16.3. The van der Waals surface area contributed by atoms with Crippen molar-refractivity contribution in [1.29, 1.82) is 0 Å². The Kier molecular flexibility index (Phi) is 5.12. The van der Waals surface area contributed by atoms with Gasteiger partial charge in [-0.1, -0.05) is 42.2 Å². The van der Waals surface area contributed by atoms with E-state index in [4.69, 9.17) is 9.15 Å². The van der Waals surface area contributed by atoms with Crippen LogP contribution >= 0.6 is 0 Å². The monoisotopic (exact) mass is 337 g/mol. The molecule has 3 rings (SSSR count). The maximum Gasteiger partial charge on any atom is 0.418 e. The second-order valence-electron chi connectivity index (χ2n) is 5.13. The third-order valence-electron chi connectivity index (χ3n) is 3.24. The average Bonchev–Trinajstić information content (AvgIpc) is 3.00. The largest absolute Gasteiger partial charge is 0.445 e. The minimum Gasteiger partial charge on any atom is -0.445 e. The average molecular weight is 337 g/mol. The minimum atomic E-state index is -0.550. The molecule has 0 aliphatic rings. The first-order valence-corrected chi connectivity index (χ1v) is 7.63. The van der Waals surface area contributed by atoms with Gasteiger partial charge in [0, 0.05) is 30.8 Å². The molecule has 2 aromatic heterocycles. The molecule has 1 amide bonds. The number of carbonyl (C=O) groups is 1. The maximum atomic E-state index is 11.6. The number of nitrogens with zero attached hydrogens (tertiary/aromatic N) is 1. The van der Waals surface area contributed by atoms with E-state index in [2.05, 4.69) is 27.1 Å². The smallest absolute Gasteiger partial charge is 0.418 e. The number of hydrogen-bond acceptors (Lipinski definition) is 5. The quantitative estimate of drug-likeness (QED) is 0.562. The van der Waals surface area contributed by atoms with Crippen LogP contribution in [-0.2, 0) is 11.3 Å². The van der Waals surface area contributed by atoms with Crippen molar-refractivity contribution in [2.75, 3.05) is 6.54 Å². The van der Waals surface area contributed by atoms with E-state index in [9.17, 15) is 9.59 Å². The highest BCUT2D eigenvalue weighted by atomic mass is 16.5. The zero-order valence-corrected chi connectivity index (χ0v) is 13.2. The van der Waals surface area contributed by atoms with Crippen molar-refractivity contribution in [3.63, 3.8) is 0 Å². The van der Waals surface area contributed by atoms with Gasteiger partial charge in [0.25, 0.3) is 0 Å². The third-order valence-corrected chi connectivity index (χ3v) is 3.24. The van der Waals surface area contributed by atoms with Gasteiger partial charge in [0.1, 0.15) is 6.61 Å². The van der Waals surface area contributed by atoms with E-state index in [1.54, 1.807) is 12.3 Å². The number of benzene rings is 1. The van der Waals surface area contributed by atoms with Crippen molar-refractivity contribution in [3.05, 3.63) is 64.3 Å². The molecule has 7 nitrogen and oxygen atoms in total. The van der Waals surface area contributed by atoms with E-state index in [0.29, 0.717) is 29.8 Å². The molecular formula is C18H15N3O4. The van der Waals surface area contributed by atoms with Gasteiger partial charge in [0.05, 0.1) is 0 Å². The number of aromatic amines is 1. The molecule has 7 heteroatoms. The van der Waals surface area contributed by atoms with E-state index in [1.807, 2.05) is 30.3 Å². The molecular weight excluding hydrogens is 322 g/mol. The Labute approximate surface area is 143 Å². The number of carbonyl (C=O) groups excluding carboxylic acids is 1. The SMILES string of the molecule is O=C(NCCC#Cc1cnc2[nH]c(=O)oc2c1)OCc1ccccc1. The highest BCUT2D eigenvalue weighted by Crippen LogP contribution is 2.08. The Bertz CT molecular complexity index is 980. The number of fused-ring (bicyclic) bond motifs is 1. The molecule has 1 aromatic carbocycles. The first-order valence-electron chi connectivity index (χ1n) is 7.63. The molecule has 2 heterocycles. The molecule has 126 valence electrons. The van der Waals surface area contributed by atoms with Crippen LogP contribution in [0, 0.1) is 11.8 Å². The summed E-state index contributed by atoms with van der Waals surface area (Å²) in [5, 5.41) is 2.63. The molecule has 0 spiro atoms. The number of amides is 1. The van der Waals surface area contributed by atoms with Crippen molar-refractivity contribution in [3.8, 4) is 11.8 Å². The second kappa shape index (κ2) is 7.84. The van der Waals surface area contributed by atoms with Gasteiger partial charge < -0.3 is 14.5 Å². The number of oxazole rings is 1. The Morgan fingerprint density at radius 1 is 1.32 bits per heavy atom. The van der Waals surface area contributed by atoms with E-state index in [1.165, 1.54) is 0 Å². The topological polar surface area (TPSA) is 97.2 Å². The fourth-order valence-corrected chi connectivity index (χ4v) is 2.07. The summed E-state index contributed by atoms with van der Waals surface area (Å²) in [6, 6.07) is 11.1. The van der Waals surface area contributed by atoms with Gasteiger partial charge in [0.2, 0.25) is 0 Å². The summed E-state index contributed by atoms with van der Waals surface area (Å²) in [6.07, 6.45) is 1.51. The lowest BCUT2D eigenvalue weighted by Gasteiger charge is -2.05. The van der Waals surface area contributed by atoms with E-state index < -0.39 is 11.8 Å². The van der Waals surface area contributed by atoms with Crippen molar-refractivity contribution in [2.45, 2.75) is 13.0 Å². The molecule has 0 aliphatic heterocycles. The summed E-state index contributed by atoms with van der Waals surface area (Å²) >= 11 is 0. The van der Waals surface area contributed by atoms with Crippen LogP contribution in [0.25, 0.3) is 11.2 Å². The van der Waals surface area contributed by atoms with Gasteiger partial charge in [0.15, 0.2) is 11.2 Å². The molecule has 25 heavy (non-hydrogen) atoms. The van der Waals surface area contributed by atoms with Gasteiger partial charge >= 0.3 is 11.8 Å². The number of pyridine rings is 1. The molecule has 3 aromatic rings. The molecule has 2 N–H and O–H groups in total. The van der Waals surface area contributed by atoms with Gasteiger partial charge in [-0.2, -0.15) is 0 Å². The van der Waals surface area contributed by atoms with Crippen molar-refractivity contribution in [1.82, 2.24) is 15.3 Å². The first-order chi connectivity index (χ1) is 12.2. The van der Waals surface area contributed by atoms with Crippen LogP contribution in [0.2, 0.25) is 0 Å². The number of rotatable bonds is 4. The van der Waals surface area contributed by atoms with Crippen LogP contribution in [0.15, 0.2) is 51.8 Å². The van der Waals surface area contributed by atoms with E-state index >= 15 is 0 Å². The predicted octanol–water partition coefficient (Wildman–Crippen LogP) is 2.18. The number of ether oxygens (including phenoxy) is 1. The van der Waals surface area contributed by atoms with Gasteiger partial charge in [-0.15, -0.1) is 0 Å². The van der Waals surface area contributed by atoms with E-state index in [-0.39, 0.29) is 6.61 Å². The summed E-state index contributed by atoms with van der Waals surface area (Å²) in [6.45, 7) is 0.599. The van der Waals surface area contributed by atoms with Crippen molar-refractivity contribution < 1.29 is 13.9 Å². The van der Waals surface area contributed by atoms with Gasteiger partial charge in [-0.05, 0) is 5.56 Å². The summed E-state index contributed by atoms with van der Waals surface area (Å²) in [4.78, 5) is 29.1. The number of nitrogens with one attached hydrogen (secondary N) is 2. The second-order valence-corrected chi connectivity index (χ2v) is 5.13. The maximum absolute atomic E-state index is 11.6. The lowest BCUT2D eigenvalue weighted by atomic mass is 10.2. The minimum absolute atomic E-state index is 0.228. The van der Waals surface area contributed by atoms with Crippen LogP contribution in [0.5, 0.6) is 0 Å². The standard InChI is InChI=1S/C18H15N3O4/c22-17(24-12-13-6-2-1-3-7-13)19-9-5-4-8-14-10-15-16(20-11-14)21-18(23)25-15/h1-3,6-7,10-11H,5,9,12H2,(H,19,22)(H,20,21,23). The summed E-state index contributed by atoms with van der Waals surface area (Å²) in [7, 11) is 0. The zero-order chi connectivity index (χ0) is 17.5. The summed E-state index contributed by atoms with van der Waals surface area (Å²) in [5.41, 5.74) is 2.30. The number of hydrogen-bond donors (Lipinski definition) is 2. The molecule has 0 radical (unpaired) electrons. The van der Waals surface area contributed by atoms with Crippen LogP contribution in [0.4, 0.5) is 4.79 Å². The molecule has 0 saturated carbocycles. The highest BCUT2D eigenvalue weighted by molar-refractivity contribution is 5.69. The normalized spacial score (nSPS) is 10.1. The Hall–Kier alpha value is -3.53. The Morgan fingerprint density at radius 3 is 3.00 bits per heavy atom. The molecule has 0 bridgehead atoms. The number of aromatic nitrogens is 2. The molecule has 0 unspecified atom stereocenters. The van der Waals surface area contributed by atoms with Crippen LogP contribution in [-0.4, -0.2) is 22.6 Å². The third kappa shape index (κ3) is 4.72. The number of H-pyrrole nitrogens is 1. The van der Waals surface area contributed by atoms with Crippen LogP contribution in [0.1, 0.15) is 17.5 Å². The van der Waals surface area contributed by atoms with Crippen molar-refractivity contribution in [2.24, 2.45) is 0 Å². The van der Waals surface area contributed by atoms with E-state index in [0.717, 1.165) is 5.56 Å². The van der Waals surface area contributed by atoms with Crippen molar-refractivity contribution >= 4 is 17.3 Å². The molecule has 0 aliphatic carbocycles.